The largest absolute Gasteiger partial charge is 0.418 e. The lowest BCUT2D eigenvalue weighted by molar-refractivity contribution is -0.219. The molecule has 1 saturated carbocycles. The van der Waals surface area contributed by atoms with Gasteiger partial charge in [0.2, 0.25) is 5.89 Å². The maximum atomic E-state index is 13.8. The standard InChI is InChI=1S/C24H20Cl3F3N4O/c1-2-18-19(21-32-33-22(35-21)23(10-3-11-23)24(28,29)30)31-20(16-9-6-14(26)12-17(16)27)34(18)15-7-4-13(25)5-8-15/h4-7,9,12,15H,2-3,8,10-11H2,1H3. The smallest absolute Gasteiger partial charge is 0.403 e. The van der Waals surface area contributed by atoms with Gasteiger partial charge < -0.3 is 8.98 Å². The van der Waals surface area contributed by atoms with Gasteiger partial charge in [0, 0.05) is 15.6 Å². The predicted octanol–water partition coefficient (Wildman–Crippen LogP) is 8.08. The number of halogens is 6. The van der Waals surface area contributed by atoms with Crippen molar-refractivity contribution in [3.63, 3.8) is 0 Å². The summed E-state index contributed by atoms with van der Waals surface area (Å²) in [4.78, 5) is 4.78. The lowest BCUT2D eigenvalue weighted by Gasteiger charge is -2.39. The maximum absolute atomic E-state index is 13.8. The van der Waals surface area contributed by atoms with Gasteiger partial charge in [-0.15, -0.1) is 10.2 Å². The monoisotopic (exact) mass is 542 g/mol. The normalized spacial score (nSPS) is 19.5. The van der Waals surface area contributed by atoms with Crippen molar-refractivity contribution in [3.05, 3.63) is 63.1 Å². The molecule has 3 aromatic rings. The van der Waals surface area contributed by atoms with E-state index in [1.807, 2.05) is 23.6 Å². The minimum Gasteiger partial charge on any atom is -0.418 e. The van der Waals surface area contributed by atoms with Gasteiger partial charge in [-0.1, -0.05) is 60.3 Å². The Morgan fingerprint density at radius 2 is 1.94 bits per heavy atom. The van der Waals surface area contributed by atoms with Gasteiger partial charge in [-0.05, 0) is 50.0 Å². The molecule has 184 valence electrons. The van der Waals surface area contributed by atoms with Gasteiger partial charge in [-0.2, -0.15) is 13.2 Å². The third kappa shape index (κ3) is 4.09. The Balaban J connectivity index is 1.67. The maximum Gasteiger partial charge on any atom is 0.403 e. The van der Waals surface area contributed by atoms with Gasteiger partial charge in [0.15, 0.2) is 0 Å². The number of hydrogen-bond acceptors (Lipinski definition) is 4. The summed E-state index contributed by atoms with van der Waals surface area (Å²) >= 11 is 18.8. The molecule has 0 spiro atoms. The number of hydrogen-bond donors (Lipinski definition) is 0. The number of nitrogens with zero attached hydrogens (tertiary/aromatic N) is 4. The second kappa shape index (κ2) is 8.98. The summed E-state index contributed by atoms with van der Waals surface area (Å²) in [6.45, 7) is 1.93. The molecular formula is C24H20Cl3F3N4O. The van der Waals surface area contributed by atoms with Crippen LogP contribution in [0, 0.1) is 0 Å². The summed E-state index contributed by atoms with van der Waals surface area (Å²) < 4.78 is 49.2. The molecule has 1 fully saturated rings. The fourth-order valence-corrected chi connectivity index (χ4v) is 5.28. The van der Waals surface area contributed by atoms with Crippen LogP contribution in [0.3, 0.4) is 0 Å². The summed E-state index contributed by atoms with van der Waals surface area (Å²) in [6.07, 6.45) is 2.60. The Kier molecular flexibility index (Phi) is 6.26. The van der Waals surface area contributed by atoms with Gasteiger partial charge in [-0.3, -0.25) is 0 Å². The van der Waals surface area contributed by atoms with Crippen LogP contribution in [0.1, 0.15) is 50.2 Å². The lowest BCUT2D eigenvalue weighted by atomic mass is 9.68. The number of imidazole rings is 1. The molecule has 35 heavy (non-hydrogen) atoms. The van der Waals surface area contributed by atoms with Crippen LogP contribution in [0.2, 0.25) is 10.0 Å². The molecule has 0 amide bonds. The van der Waals surface area contributed by atoms with E-state index < -0.39 is 17.5 Å². The molecule has 0 N–H and O–H groups in total. The first kappa shape index (κ1) is 24.4. The molecule has 0 radical (unpaired) electrons. The molecule has 5 rings (SSSR count). The van der Waals surface area contributed by atoms with Gasteiger partial charge in [-0.25, -0.2) is 4.98 Å². The molecule has 5 nitrogen and oxygen atoms in total. The van der Waals surface area contributed by atoms with Gasteiger partial charge >= 0.3 is 6.18 Å². The zero-order valence-corrected chi connectivity index (χ0v) is 20.8. The molecule has 2 aliphatic rings. The summed E-state index contributed by atoms with van der Waals surface area (Å²) in [5, 5.41) is 9.32. The average molecular weight is 544 g/mol. The minimum absolute atomic E-state index is 0.0502. The Morgan fingerprint density at radius 1 is 1.17 bits per heavy atom. The molecule has 2 aromatic heterocycles. The summed E-state index contributed by atoms with van der Waals surface area (Å²) in [5.74, 6) is 0.0561. The van der Waals surface area contributed by atoms with E-state index in [0.717, 1.165) is 5.69 Å². The highest BCUT2D eigenvalue weighted by molar-refractivity contribution is 6.36. The van der Waals surface area contributed by atoms with Crippen molar-refractivity contribution >= 4 is 34.8 Å². The van der Waals surface area contributed by atoms with Gasteiger partial charge in [0.25, 0.3) is 5.89 Å². The molecule has 11 heteroatoms. The fourth-order valence-electron chi connectivity index (χ4n) is 4.63. The SMILES string of the molecule is CCc1c(-c2nnc(C3(C(F)(F)F)CCC3)o2)nc(-c2ccc(Cl)cc2Cl)n1C1C=CC(Cl)=CC1. The summed E-state index contributed by atoms with van der Waals surface area (Å²) in [7, 11) is 0. The Hall–Kier alpha value is -2.29. The Labute approximate surface area is 214 Å². The molecule has 2 heterocycles. The van der Waals surface area contributed by atoms with Crippen LogP contribution < -0.4 is 0 Å². The van der Waals surface area contributed by atoms with E-state index in [-0.39, 0.29) is 24.8 Å². The van der Waals surface area contributed by atoms with Crippen LogP contribution in [-0.4, -0.2) is 25.9 Å². The quantitative estimate of drug-likeness (QED) is 0.326. The number of alkyl halides is 3. The topological polar surface area (TPSA) is 56.7 Å². The van der Waals surface area contributed by atoms with Crippen LogP contribution in [0.15, 0.2) is 45.9 Å². The molecule has 1 unspecified atom stereocenters. The van der Waals surface area contributed by atoms with Crippen molar-refractivity contribution < 1.29 is 17.6 Å². The van der Waals surface area contributed by atoms with E-state index in [1.165, 1.54) is 0 Å². The minimum atomic E-state index is -4.47. The zero-order valence-electron chi connectivity index (χ0n) is 18.5. The first-order chi connectivity index (χ1) is 16.6. The van der Waals surface area contributed by atoms with E-state index in [1.54, 1.807) is 24.3 Å². The fraction of sp³-hybridized carbons (Fsp3) is 0.375. The molecule has 2 aliphatic carbocycles. The summed E-state index contributed by atoms with van der Waals surface area (Å²) in [6, 6.07) is 4.93. The molecule has 0 aliphatic heterocycles. The zero-order chi connectivity index (χ0) is 25.0. The second-order valence-electron chi connectivity index (χ2n) is 8.68. The number of aromatic nitrogens is 4. The molecular weight excluding hydrogens is 524 g/mol. The average Bonchev–Trinajstić information content (AvgIpc) is 3.37. The first-order valence-corrected chi connectivity index (χ1v) is 12.3. The molecule has 0 saturated heterocycles. The first-order valence-electron chi connectivity index (χ1n) is 11.2. The van der Waals surface area contributed by atoms with Crippen LogP contribution in [0.25, 0.3) is 23.0 Å². The van der Waals surface area contributed by atoms with Crippen molar-refractivity contribution in [3.8, 4) is 23.0 Å². The van der Waals surface area contributed by atoms with Crippen molar-refractivity contribution in [2.45, 2.75) is 56.7 Å². The van der Waals surface area contributed by atoms with Gasteiger partial charge in [0.1, 0.15) is 16.9 Å². The molecule has 1 aromatic carbocycles. The van der Waals surface area contributed by atoms with E-state index in [2.05, 4.69) is 10.2 Å². The third-order valence-corrected chi connectivity index (χ3v) is 7.50. The molecule has 0 bridgehead atoms. The lowest BCUT2D eigenvalue weighted by Crippen LogP contribution is -2.48. The van der Waals surface area contributed by atoms with Gasteiger partial charge in [0.05, 0.1) is 16.8 Å². The van der Waals surface area contributed by atoms with Crippen LogP contribution in [0.5, 0.6) is 0 Å². The van der Waals surface area contributed by atoms with E-state index in [9.17, 15) is 13.2 Å². The predicted molar refractivity (Wildman–Crippen MR) is 129 cm³/mol. The van der Waals surface area contributed by atoms with E-state index in [0.29, 0.717) is 51.4 Å². The second-order valence-corrected chi connectivity index (χ2v) is 9.96. The Morgan fingerprint density at radius 3 is 2.51 bits per heavy atom. The molecule has 1 atom stereocenters. The van der Waals surface area contributed by atoms with E-state index in [4.69, 9.17) is 44.2 Å². The van der Waals surface area contributed by atoms with Crippen molar-refractivity contribution in [1.29, 1.82) is 0 Å². The number of rotatable bonds is 5. The van der Waals surface area contributed by atoms with Crippen LogP contribution >= 0.6 is 34.8 Å². The van der Waals surface area contributed by atoms with Crippen molar-refractivity contribution in [2.24, 2.45) is 0 Å². The number of benzene rings is 1. The van der Waals surface area contributed by atoms with Crippen molar-refractivity contribution in [1.82, 2.24) is 19.7 Å². The summed E-state index contributed by atoms with van der Waals surface area (Å²) in [5.41, 5.74) is -0.408. The highest BCUT2D eigenvalue weighted by Crippen LogP contribution is 2.54. The third-order valence-electron chi connectivity index (χ3n) is 6.67. The highest BCUT2D eigenvalue weighted by atomic mass is 35.5. The van der Waals surface area contributed by atoms with Crippen LogP contribution in [-0.2, 0) is 11.8 Å². The van der Waals surface area contributed by atoms with Crippen LogP contribution in [0.4, 0.5) is 13.2 Å². The highest BCUT2D eigenvalue weighted by Gasteiger charge is 2.63. The van der Waals surface area contributed by atoms with E-state index >= 15 is 0 Å². The number of allylic oxidation sites excluding steroid dienone is 4. The van der Waals surface area contributed by atoms with Crippen molar-refractivity contribution in [2.75, 3.05) is 0 Å². The Bertz CT molecular complexity index is 1340.